The minimum atomic E-state index is -0.248. The van der Waals surface area contributed by atoms with Crippen LogP contribution in [0.3, 0.4) is 0 Å². The molecule has 0 radical (unpaired) electrons. The normalized spacial score (nSPS) is 18.8. The summed E-state index contributed by atoms with van der Waals surface area (Å²) in [6.07, 6.45) is 2.62. The van der Waals surface area contributed by atoms with Crippen molar-refractivity contribution in [2.24, 2.45) is 0 Å². The molecule has 134 valence electrons. The standard InChI is InChI=1S/C21H23FN4/c1-16-9-10-25(11-12-26(16)14-17-5-3-2-4-6-17)21-19-13-18(22)7-8-20(19)23-15-24-21/h2-8,13,15-16H,9-12,14H2,1H3. The fraction of sp³-hybridized carbons (Fsp3) is 0.333. The summed E-state index contributed by atoms with van der Waals surface area (Å²) in [5.74, 6) is 0.589. The quantitative estimate of drug-likeness (QED) is 0.718. The zero-order valence-electron chi connectivity index (χ0n) is 15.0. The highest BCUT2D eigenvalue weighted by molar-refractivity contribution is 5.89. The smallest absolute Gasteiger partial charge is 0.140 e. The Morgan fingerprint density at radius 1 is 1.04 bits per heavy atom. The third-order valence-corrected chi connectivity index (χ3v) is 5.20. The summed E-state index contributed by atoms with van der Waals surface area (Å²) in [4.78, 5) is 13.5. The van der Waals surface area contributed by atoms with Gasteiger partial charge in [-0.25, -0.2) is 14.4 Å². The van der Waals surface area contributed by atoms with Crippen LogP contribution in [0.2, 0.25) is 0 Å². The van der Waals surface area contributed by atoms with Gasteiger partial charge in [-0.3, -0.25) is 4.90 Å². The van der Waals surface area contributed by atoms with E-state index in [4.69, 9.17) is 0 Å². The molecule has 0 aliphatic carbocycles. The first kappa shape index (κ1) is 16.9. The molecule has 0 amide bonds. The molecule has 1 aliphatic rings. The highest BCUT2D eigenvalue weighted by Crippen LogP contribution is 2.26. The van der Waals surface area contributed by atoms with Crippen LogP contribution in [0.25, 0.3) is 10.9 Å². The predicted octanol–water partition coefficient (Wildman–Crippen LogP) is 3.87. The molecule has 3 aromatic rings. The topological polar surface area (TPSA) is 32.3 Å². The molecular weight excluding hydrogens is 327 g/mol. The minimum Gasteiger partial charge on any atom is -0.355 e. The number of halogens is 1. The lowest BCUT2D eigenvalue weighted by Gasteiger charge is -2.26. The molecule has 1 atom stereocenters. The number of fused-ring (bicyclic) bond motifs is 1. The highest BCUT2D eigenvalue weighted by Gasteiger charge is 2.23. The van der Waals surface area contributed by atoms with Crippen LogP contribution >= 0.6 is 0 Å². The van der Waals surface area contributed by atoms with Crippen LogP contribution < -0.4 is 4.90 Å². The molecule has 1 saturated heterocycles. The van der Waals surface area contributed by atoms with Gasteiger partial charge in [-0.15, -0.1) is 0 Å². The van der Waals surface area contributed by atoms with Crippen molar-refractivity contribution < 1.29 is 4.39 Å². The Kier molecular flexibility index (Phi) is 4.80. The minimum absolute atomic E-state index is 0.248. The van der Waals surface area contributed by atoms with Crippen molar-refractivity contribution in [1.82, 2.24) is 14.9 Å². The molecule has 0 spiro atoms. The van der Waals surface area contributed by atoms with Crippen molar-refractivity contribution >= 4 is 16.7 Å². The van der Waals surface area contributed by atoms with Gasteiger partial charge in [0.25, 0.3) is 0 Å². The fourth-order valence-corrected chi connectivity index (χ4v) is 3.64. The summed E-state index contributed by atoms with van der Waals surface area (Å²) in [6.45, 7) is 5.98. The molecule has 2 aromatic carbocycles. The first-order chi connectivity index (χ1) is 12.7. The Balaban J connectivity index is 1.56. The van der Waals surface area contributed by atoms with Crippen molar-refractivity contribution in [3.8, 4) is 0 Å². The number of hydrogen-bond acceptors (Lipinski definition) is 4. The number of nitrogens with zero attached hydrogens (tertiary/aromatic N) is 4. The lowest BCUT2D eigenvalue weighted by Crippen LogP contribution is -2.34. The summed E-state index contributed by atoms with van der Waals surface area (Å²) >= 11 is 0. The van der Waals surface area contributed by atoms with Crippen LogP contribution in [0, 0.1) is 5.82 Å². The molecule has 1 aromatic heterocycles. The second kappa shape index (κ2) is 7.38. The van der Waals surface area contributed by atoms with E-state index in [1.54, 1.807) is 18.5 Å². The van der Waals surface area contributed by atoms with Gasteiger partial charge < -0.3 is 4.90 Å². The average molecular weight is 350 g/mol. The lowest BCUT2D eigenvalue weighted by molar-refractivity contribution is 0.212. The van der Waals surface area contributed by atoms with Crippen LogP contribution in [-0.2, 0) is 6.54 Å². The molecule has 5 heteroatoms. The van der Waals surface area contributed by atoms with Crippen LogP contribution in [0.5, 0.6) is 0 Å². The summed E-state index contributed by atoms with van der Waals surface area (Å²) in [5, 5.41) is 0.789. The number of rotatable bonds is 3. The summed E-state index contributed by atoms with van der Waals surface area (Å²) < 4.78 is 13.7. The number of benzene rings is 2. The molecule has 1 aliphatic heterocycles. The molecule has 0 saturated carbocycles. The van der Waals surface area contributed by atoms with Crippen molar-refractivity contribution in [3.05, 3.63) is 66.2 Å². The van der Waals surface area contributed by atoms with Gasteiger partial charge in [-0.2, -0.15) is 0 Å². The third kappa shape index (κ3) is 3.53. The van der Waals surface area contributed by atoms with E-state index in [9.17, 15) is 4.39 Å². The fourth-order valence-electron chi connectivity index (χ4n) is 3.64. The van der Waals surface area contributed by atoms with E-state index < -0.39 is 0 Å². The average Bonchev–Trinajstić information content (AvgIpc) is 2.84. The summed E-state index contributed by atoms with van der Waals surface area (Å²) in [5.41, 5.74) is 2.12. The second-order valence-electron chi connectivity index (χ2n) is 6.94. The van der Waals surface area contributed by atoms with E-state index in [-0.39, 0.29) is 5.82 Å². The molecule has 4 nitrogen and oxygen atoms in total. The Labute approximate surface area is 153 Å². The summed E-state index contributed by atoms with van der Waals surface area (Å²) in [6, 6.07) is 15.8. The molecule has 1 fully saturated rings. The van der Waals surface area contributed by atoms with Gasteiger partial charge in [-0.1, -0.05) is 30.3 Å². The maximum absolute atomic E-state index is 13.7. The van der Waals surface area contributed by atoms with Gasteiger partial charge >= 0.3 is 0 Å². The summed E-state index contributed by atoms with van der Waals surface area (Å²) in [7, 11) is 0. The molecular formula is C21H23FN4. The molecule has 0 N–H and O–H groups in total. The molecule has 1 unspecified atom stereocenters. The van der Waals surface area contributed by atoms with Crippen LogP contribution in [0.1, 0.15) is 18.9 Å². The van der Waals surface area contributed by atoms with Gasteiger partial charge in [0, 0.05) is 37.6 Å². The van der Waals surface area contributed by atoms with Gasteiger partial charge in [0.1, 0.15) is 18.0 Å². The highest BCUT2D eigenvalue weighted by atomic mass is 19.1. The molecule has 0 bridgehead atoms. The van der Waals surface area contributed by atoms with Crippen molar-refractivity contribution in [2.75, 3.05) is 24.5 Å². The van der Waals surface area contributed by atoms with Crippen LogP contribution in [-0.4, -0.2) is 40.5 Å². The second-order valence-corrected chi connectivity index (χ2v) is 6.94. The van der Waals surface area contributed by atoms with Crippen molar-refractivity contribution in [1.29, 1.82) is 0 Å². The van der Waals surface area contributed by atoms with Crippen LogP contribution in [0.4, 0.5) is 10.2 Å². The van der Waals surface area contributed by atoms with Gasteiger partial charge in [0.05, 0.1) is 5.52 Å². The SMILES string of the molecule is CC1CCN(c2ncnc3ccc(F)cc23)CCN1Cc1ccccc1. The lowest BCUT2D eigenvalue weighted by atomic mass is 10.1. The monoisotopic (exact) mass is 350 g/mol. The van der Waals surface area contributed by atoms with Gasteiger partial charge in [-0.05, 0) is 37.1 Å². The Morgan fingerprint density at radius 2 is 1.88 bits per heavy atom. The largest absolute Gasteiger partial charge is 0.355 e. The van der Waals surface area contributed by atoms with Crippen LogP contribution in [0.15, 0.2) is 54.9 Å². The van der Waals surface area contributed by atoms with E-state index in [1.165, 1.54) is 11.6 Å². The van der Waals surface area contributed by atoms with E-state index >= 15 is 0 Å². The molecule has 4 rings (SSSR count). The predicted molar refractivity (Wildman–Crippen MR) is 103 cm³/mol. The molecule has 26 heavy (non-hydrogen) atoms. The Morgan fingerprint density at radius 3 is 2.73 bits per heavy atom. The Bertz CT molecular complexity index is 884. The maximum atomic E-state index is 13.7. The van der Waals surface area contributed by atoms with E-state index in [0.717, 1.165) is 49.3 Å². The number of aromatic nitrogens is 2. The van der Waals surface area contributed by atoms with E-state index in [1.807, 2.05) is 0 Å². The third-order valence-electron chi connectivity index (χ3n) is 5.20. The van der Waals surface area contributed by atoms with E-state index in [0.29, 0.717) is 6.04 Å². The van der Waals surface area contributed by atoms with Crippen molar-refractivity contribution in [3.63, 3.8) is 0 Å². The zero-order valence-corrected chi connectivity index (χ0v) is 15.0. The number of anilines is 1. The number of hydrogen-bond donors (Lipinski definition) is 0. The molecule has 2 heterocycles. The Hall–Kier alpha value is -2.53. The maximum Gasteiger partial charge on any atom is 0.140 e. The first-order valence-electron chi connectivity index (χ1n) is 9.14. The first-order valence-corrected chi connectivity index (χ1v) is 9.14. The van der Waals surface area contributed by atoms with Gasteiger partial charge in [0.2, 0.25) is 0 Å². The van der Waals surface area contributed by atoms with E-state index in [2.05, 4.69) is 57.0 Å². The van der Waals surface area contributed by atoms with Crippen molar-refractivity contribution in [2.45, 2.75) is 25.9 Å². The van der Waals surface area contributed by atoms with Gasteiger partial charge in [0.15, 0.2) is 0 Å². The zero-order chi connectivity index (χ0) is 17.9.